The van der Waals surface area contributed by atoms with E-state index in [2.05, 4.69) is 15.0 Å². The summed E-state index contributed by atoms with van der Waals surface area (Å²) in [4.78, 5) is 17.2. The molecule has 2 aliphatic rings. The van der Waals surface area contributed by atoms with Crippen LogP contribution in [0.1, 0.15) is 56.0 Å². The Balaban J connectivity index is 1.07. The molecule has 0 bridgehead atoms. The first kappa shape index (κ1) is 27.0. The van der Waals surface area contributed by atoms with Gasteiger partial charge < -0.3 is 14.5 Å². The third-order valence-electron chi connectivity index (χ3n) is 8.49. The fourth-order valence-electron chi connectivity index (χ4n) is 6.38. The van der Waals surface area contributed by atoms with Gasteiger partial charge in [-0.2, -0.15) is 0 Å². The predicted molar refractivity (Wildman–Crippen MR) is 155 cm³/mol. The average molecular weight is 564 g/mol. The number of pyridine rings is 1. The number of aryl methyl sites for hydroxylation is 1. The molecule has 1 saturated carbocycles. The van der Waals surface area contributed by atoms with Crippen molar-refractivity contribution in [2.24, 2.45) is 11.8 Å². The number of hydrogen-bond donors (Lipinski definition) is 1. The lowest BCUT2D eigenvalue weighted by Crippen LogP contribution is -2.43. The zero-order chi connectivity index (χ0) is 27.7. The molecule has 3 aromatic heterocycles. The lowest BCUT2D eigenvalue weighted by molar-refractivity contribution is 0.179. The Morgan fingerprint density at radius 1 is 1.00 bits per heavy atom. The number of sulfonamides is 1. The van der Waals surface area contributed by atoms with Crippen LogP contribution in [0, 0.1) is 18.8 Å². The van der Waals surface area contributed by atoms with E-state index >= 15 is 0 Å². The number of ether oxygens (including phenoxy) is 2. The number of nitrogens with zero attached hydrogens (tertiary/aromatic N) is 4. The molecule has 1 atom stereocenters. The van der Waals surface area contributed by atoms with Crippen molar-refractivity contribution in [3.63, 3.8) is 0 Å². The predicted octanol–water partition coefficient (Wildman–Crippen LogP) is 5.22. The van der Waals surface area contributed by atoms with Crippen LogP contribution in [0.4, 0.5) is 0 Å². The topological polar surface area (TPSA) is 110 Å². The molecule has 9 nitrogen and oxygen atoms in total. The molecule has 1 aromatic carbocycles. The fraction of sp³-hybridized carbons (Fsp3) is 0.500. The highest BCUT2D eigenvalue weighted by Gasteiger charge is 2.34. The molecule has 1 unspecified atom stereocenters. The van der Waals surface area contributed by atoms with E-state index in [9.17, 15) is 8.42 Å². The van der Waals surface area contributed by atoms with E-state index < -0.39 is 10.0 Å². The van der Waals surface area contributed by atoms with Crippen LogP contribution in [0.5, 0.6) is 11.5 Å². The first-order chi connectivity index (χ1) is 19.4. The van der Waals surface area contributed by atoms with Crippen molar-refractivity contribution in [1.82, 2.24) is 24.2 Å². The summed E-state index contributed by atoms with van der Waals surface area (Å²) in [6.07, 6.45) is 9.18. The second-order valence-corrected chi connectivity index (χ2v) is 13.3. The minimum atomic E-state index is -3.33. The zero-order valence-corrected chi connectivity index (χ0v) is 24.0. The van der Waals surface area contributed by atoms with Crippen molar-refractivity contribution >= 4 is 32.0 Å². The first-order valence-electron chi connectivity index (χ1n) is 14.2. The van der Waals surface area contributed by atoms with Gasteiger partial charge in [-0.25, -0.2) is 27.7 Å². The quantitative estimate of drug-likeness (QED) is 0.313. The van der Waals surface area contributed by atoms with Gasteiger partial charge in [0.1, 0.15) is 23.0 Å². The van der Waals surface area contributed by atoms with Crippen molar-refractivity contribution in [2.75, 3.05) is 32.6 Å². The van der Waals surface area contributed by atoms with Gasteiger partial charge in [0.15, 0.2) is 0 Å². The van der Waals surface area contributed by atoms with Crippen molar-refractivity contribution < 1.29 is 17.9 Å². The van der Waals surface area contributed by atoms with E-state index in [0.29, 0.717) is 19.7 Å². The number of benzene rings is 1. The Bertz CT molecular complexity index is 1580. The molecule has 1 N–H and O–H groups in total. The van der Waals surface area contributed by atoms with Crippen LogP contribution in [0.3, 0.4) is 0 Å². The average Bonchev–Trinajstić information content (AvgIpc) is 3.45. The van der Waals surface area contributed by atoms with E-state index in [-0.39, 0.29) is 23.5 Å². The maximum Gasteiger partial charge on any atom is 0.214 e. The van der Waals surface area contributed by atoms with Gasteiger partial charge in [0.05, 0.1) is 36.9 Å². The van der Waals surface area contributed by atoms with Crippen molar-refractivity contribution in [3.05, 3.63) is 54.2 Å². The molecule has 212 valence electrons. The maximum atomic E-state index is 13.5. The van der Waals surface area contributed by atoms with Crippen LogP contribution >= 0.6 is 0 Å². The number of hydrogen-bond acceptors (Lipinski definition) is 7. The van der Waals surface area contributed by atoms with Gasteiger partial charge in [-0.05, 0) is 81.7 Å². The lowest BCUT2D eigenvalue weighted by atomic mass is 9.80. The van der Waals surface area contributed by atoms with Crippen LogP contribution in [-0.2, 0) is 10.0 Å². The second-order valence-electron chi connectivity index (χ2n) is 11.3. The van der Waals surface area contributed by atoms with Crippen LogP contribution in [-0.4, -0.2) is 65.2 Å². The summed E-state index contributed by atoms with van der Waals surface area (Å²) in [6.45, 7) is 3.57. The van der Waals surface area contributed by atoms with Gasteiger partial charge in [0.25, 0.3) is 0 Å². The third-order valence-corrected chi connectivity index (χ3v) is 10.5. The van der Waals surface area contributed by atoms with E-state index in [1.54, 1.807) is 11.4 Å². The number of fused-ring (bicyclic) bond motifs is 3. The van der Waals surface area contributed by atoms with E-state index in [1.807, 2.05) is 49.6 Å². The fourth-order valence-corrected chi connectivity index (χ4v) is 8.37. The Kier molecular flexibility index (Phi) is 7.63. The van der Waals surface area contributed by atoms with Gasteiger partial charge in [-0.1, -0.05) is 0 Å². The summed E-state index contributed by atoms with van der Waals surface area (Å²) in [7, 11) is -1.69. The molecular formula is C30H37N5O4S. The molecule has 40 heavy (non-hydrogen) atoms. The number of methoxy groups -OCH3 is 1. The van der Waals surface area contributed by atoms with Crippen LogP contribution in [0.25, 0.3) is 21.9 Å². The monoisotopic (exact) mass is 563 g/mol. The number of nitrogens with one attached hydrogen (secondary N) is 1. The summed E-state index contributed by atoms with van der Waals surface area (Å²) >= 11 is 0. The zero-order valence-electron chi connectivity index (χ0n) is 23.2. The van der Waals surface area contributed by atoms with Crippen LogP contribution < -0.4 is 9.47 Å². The minimum Gasteiger partial charge on any atom is -0.497 e. The Hall–Kier alpha value is -3.24. The van der Waals surface area contributed by atoms with E-state index in [1.165, 1.54) is 0 Å². The summed E-state index contributed by atoms with van der Waals surface area (Å²) in [5.74, 6) is 3.18. The molecule has 1 saturated heterocycles. The highest BCUT2D eigenvalue weighted by Crippen LogP contribution is 2.40. The number of aromatic amines is 1. The van der Waals surface area contributed by atoms with Crippen molar-refractivity contribution in [3.8, 4) is 11.5 Å². The van der Waals surface area contributed by atoms with Gasteiger partial charge in [0.2, 0.25) is 10.0 Å². The Labute approximate surface area is 235 Å². The van der Waals surface area contributed by atoms with Gasteiger partial charge in [0, 0.05) is 41.9 Å². The molecule has 0 amide bonds. The standard InChI is InChI=1S/C30H37N5O4S/c1-20-33-27-16-32-30-26(13-14-31-30)28(27)29(34-20)23-7-5-21(6-8-23)19-40(36,37)35-15-3-4-22(17-35)18-39-25-11-9-24(38-2)10-12-25/h9-14,16,21-23H,3-8,15,17-19H2,1-2H3,(H,31,32). The number of piperidine rings is 1. The minimum absolute atomic E-state index is 0.167. The normalized spacial score (nSPS) is 22.5. The summed E-state index contributed by atoms with van der Waals surface area (Å²) < 4.78 is 39.8. The second kappa shape index (κ2) is 11.3. The Morgan fingerprint density at radius 3 is 2.55 bits per heavy atom. The molecular weight excluding hydrogens is 526 g/mol. The Morgan fingerprint density at radius 2 is 1.77 bits per heavy atom. The molecule has 0 radical (unpaired) electrons. The highest BCUT2D eigenvalue weighted by molar-refractivity contribution is 7.89. The summed E-state index contributed by atoms with van der Waals surface area (Å²) in [5.41, 5.74) is 2.79. The molecule has 6 rings (SSSR count). The van der Waals surface area contributed by atoms with Crippen molar-refractivity contribution in [1.29, 1.82) is 0 Å². The highest BCUT2D eigenvalue weighted by atomic mass is 32.2. The molecule has 4 aromatic rings. The summed E-state index contributed by atoms with van der Waals surface area (Å²) in [5, 5.41) is 2.12. The van der Waals surface area contributed by atoms with Gasteiger partial charge >= 0.3 is 0 Å². The lowest BCUT2D eigenvalue weighted by Gasteiger charge is -2.34. The van der Waals surface area contributed by atoms with E-state index in [0.717, 1.165) is 83.5 Å². The van der Waals surface area contributed by atoms with E-state index in [4.69, 9.17) is 14.5 Å². The smallest absolute Gasteiger partial charge is 0.214 e. The molecule has 1 aliphatic carbocycles. The van der Waals surface area contributed by atoms with Crippen LogP contribution in [0.15, 0.2) is 42.7 Å². The maximum absolute atomic E-state index is 13.5. The molecule has 1 aliphatic heterocycles. The number of aromatic nitrogens is 4. The number of H-pyrrole nitrogens is 1. The molecule has 2 fully saturated rings. The molecule has 10 heteroatoms. The van der Waals surface area contributed by atoms with Gasteiger partial charge in [-0.15, -0.1) is 0 Å². The largest absolute Gasteiger partial charge is 0.497 e. The molecule has 0 spiro atoms. The number of rotatable bonds is 8. The third kappa shape index (κ3) is 5.65. The SMILES string of the molecule is COc1ccc(OCC2CCCN(S(=O)(=O)CC3CCC(c4nc(C)nc5cnc6[nH]ccc6c45)CC3)C2)cc1. The van der Waals surface area contributed by atoms with Gasteiger partial charge in [-0.3, -0.25) is 0 Å². The molecule has 4 heterocycles. The van der Waals surface area contributed by atoms with Crippen molar-refractivity contribution in [2.45, 2.75) is 51.4 Å². The first-order valence-corrected chi connectivity index (χ1v) is 15.9. The summed E-state index contributed by atoms with van der Waals surface area (Å²) in [6, 6.07) is 9.55. The van der Waals surface area contributed by atoms with Crippen LogP contribution in [0.2, 0.25) is 0 Å².